The molecule has 0 bridgehead atoms. The van der Waals surface area contributed by atoms with E-state index in [0.29, 0.717) is 0 Å². The third-order valence-electron chi connectivity index (χ3n) is 0.667. The predicted octanol–water partition coefficient (Wildman–Crippen LogP) is -3.64. The van der Waals surface area contributed by atoms with Crippen molar-refractivity contribution < 1.29 is 24.8 Å². The fourth-order valence-corrected chi connectivity index (χ4v) is 2.00. The zero-order chi connectivity index (χ0) is 5.86. The lowest BCUT2D eigenvalue weighted by Crippen LogP contribution is -3.00. The van der Waals surface area contributed by atoms with Crippen molar-refractivity contribution in [2.24, 2.45) is 0 Å². The van der Waals surface area contributed by atoms with E-state index in [1.165, 1.54) is 0 Å². The van der Waals surface area contributed by atoms with Gasteiger partial charge in [0.05, 0.1) is 0 Å². The van der Waals surface area contributed by atoms with Gasteiger partial charge in [0.15, 0.2) is 0 Å². The van der Waals surface area contributed by atoms with Crippen LogP contribution < -0.4 is 24.8 Å². The molecule has 0 heterocycles. The van der Waals surface area contributed by atoms with Crippen LogP contribution >= 0.6 is 0 Å². The van der Waals surface area contributed by atoms with Crippen molar-refractivity contribution in [2.75, 3.05) is 0 Å². The monoisotopic (exact) mass is 184 g/mol. The van der Waals surface area contributed by atoms with Crippen LogP contribution in [0.25, 0.3) is 0 Å². The average Bonchev–Trinajstić information content (AvgIpc) is 1.27. The molecule has 0 aliphatic heterocycles. The number of halogens is 2. The Balaban J connectivity index is -0.000000180. The van der Waals surface area contributed by atoms with Gasteiger partial charge < -0.3 is 24.8 Å². The van der Waals surface area contributed by atoms with Gasteiger partial charge in [-0.1, -0.05) is 38.8 Å². The molecule has 0 spiro atoms. The standard InChI is InChI=1S/C6H14Si.2ClH/c1-5(2)7-6(3)4;;/h5-6H,1-4H3;2*1H/p-2. The van der Waals surface area contributed by atoms with E-state index in [4.69, 9.17) is 0 Å². The van der Waals surface area contributed by atoms with Gasteiger partial charge in [0.25, 0.3) is 0 Å². The molecular weight excluding hydrogens is 171 g/mol. The van der Waals surface area contributed by atoms with Gasteiger partial charge in [-0.25, -0.2) is 0 Å². The van der Waals surface area contributed by atoms with Crippen LogP contribution in [0.5, 0.6) is 0 Å². The van der Waals surface area contributed by atoms with Crippen LogP contribution in [0.2, 0.25) is 11.1 Å². The average molecular weight is 185 g/mol. The second kappa shape index (κ2) is 8.80. The Labute approximate surface area is 73.4 Å². The lowest BCUT2D eigenvalue weighted by molar-refractivity contribution is -0.00100. The van der Waals surface area contributed by atoms with Gasteiger partial charge in [0.2, 0.25) is 0 Å². The summed E-state index contributed by atoms with van der Waals surface area (Å²) in [6, 6.07) is 0. The molecular formula is C6H14Cl2Si-2. The molecule has 0 atom stereocenters. The Hall–Kier alpha value is 0.797. The zero-order valence-electron chi connectivity index (χ0n) is 6.41. The first-order chi connectivity index (χ1) is 3.13. The molecule has 0 aliphatic rings. The van der Waals surface area contributed by atoms with Crippen LogP contribution in [0.4, 0.5) is 0 Å². The van der Waals surface area contributed by atoms with Gasteiger partial charge in [0.1, 0.15) is 0 Å². The van der Waals surface area contributed by atoms with Crippen molar-refractivity contribution in [1.29, 1.82) is 0 Å². The van der Waals surface area contributed by atoms with Crippen LogP contribution in [0.15, 0.2) is 0 Å². The first kappa shape index (κ1) is 16.4. The van der Waals surface area contributed by atoms with Gasteiger partial charge in [-0.15, -0.1) is 0 Å². The Kier molecular flexibility index (Phi) is 16.0. The number of hydrogen-bond acceptors (Lipinski definition) is 0. The summed E-state index contributed by atoms with van der Waals surface area (Å²) in [7, 11) is 1.15. The minimum atomic E-state index is 0. The lowest BCUT2D eigenvalue weighted by atomic mass is 10.5. The molecule has 0 saturated heterocycles. The highest BCUT2D eigenvalue weighted by Gasteiger charge is 1.97. The second-order valence-corrected chi connectivity index (χ2v) is 5.12. The number of rotatable bonds is 2. The van der Waals surface area contributed by atoms with E-state index in [9.17, 15) is 0 Å². The van der Waals surface area contributed by atoms with E-state index in [0.717, 1.165) is 20.6 Å². The highest BCUT2D eigenvalue weighted by atomic mass is 35.5. The van der Waals surface area contributed by atoms with Gasteiger partial charge in [0, 0.05) is 9.52 Å². The maximum absolute atomic E-state index is 2.28. The first-order valence-corrected chi connectivity index (χ1v) is 4.04. The van der Waals surface area contributed by atoms with E-state index in [1.807, 2.05) is 0 Å². The molecule has 3 heteroatoms. The Bertz CT molecular complexity index is 40.3. The van der Waals surface area contributed by atoms with Crippen LogP contribution in [0.1, 0.15) is 27.7 Å². The summed E-state index contributed by atoms with van der Waals surface area (Å²) in [6.45, 7) is 9.10. The molecule has 9 heavy (non-hydrogen) atoms. The van der Waals surface area contributed by atoms with E-state index >= 15 is 0 Å². The summed E-state index contributed by atoms with van der Waals surface area (Å²) in [5.74, 6) is 0. The molecule has 0 fully saturated rings. The van der Waals surface area contributed by atoms with Gasteiger partial charge in [-0.2, -0.15) is 0 Å². The summed E-state index contributed by atoms with van der Waals surface area (Å²) in [4.78, 5) is 0. The zero-order valence-corrected chi connectivity index (χ0v) is 8.92. The molecule has 0 saturated carbocycles. The number of hydrogen-bond donors (Lipinski definition) is 0. The minimum absolute atomic E-state index is 0. The van der Waals surface area contributed by atoms with E-state index in [1.54, 1.807) is 0 Å². The van der Waals surface area contributed by atoms with E-state index in [-0.39, 0.29) is 24.8 Å². The second-order valence-electron chi connectivity index (χ2n) is 2.48. The summed E-state index contributed by atoms with van der Waals surface area (Å²) in [6.07, 6.45) is 0. The Morgan fingerprint density at radius 3 is 1.00 bits per heavy atom. The van der Waals surface area contributed by atoms with Gasteiger partial charge >= 0.3 is 0 Å². The van der Waals surface area contributed by atoms with Crippen molar-refractivity contribution in [1.82, 2.24) is 0 Å². The van der Waals surface area contributed by atoms with Crippen molar-refractivity contribution in [2.45, 2.75) is 38.8 Å². The smallest absolute Gasteiger partial charge is 0.0437 e. The predicted molar refractivity (Wildman–Crippen MR) is 35.9 cm³/mol. The largest absolute Gasteiger partial charge is 1.00 e. The first-order valence-electron chi connectivity index (χ1n) is 2.89. The summed E-state index contributed by atoms with van der Waals surface area (Å²) in [5, 5.41) is 0. The van der Waals surface area contributed by atoms with Crippen LogP contribution in [0.3, 0.4) is 0 Å². The SMILES string of the molecule is CC(C)[Si]C(C)C.[Cl-].[Cl-]. The van der Waals surface area contributed by atoms with Crippen LogP contribution in [-0.4, -0.2) is 9.52 Å². The molecule has 0 unspecified atom stereocenters. The van der Waals surface area contributed by atoms with E-state index in [2.05, 4.69) is 27.7 Å². The molecule has 0 N–H and O–H groups in total. The third-order valence-corrected chi connectivity index (χ3v) is 2.00. The fraction of sp³-hybridized carbons (Fsp3) is 1.00. The molecule has 2 radical (unpaired) electrons. The molecule has 0 nitrogen and oxygen atoms in total. The minimum Gasteiger partial charge on any atom is -1.00 e. The normalized spacial score (nSPS) is 8.67. The van der Waals surface area contributed by atoms with Gasteiger partial charge in [-0.3, -0.25) is 0 Å². The molecule has 0 aliphatic carbocycles. The van der Waals surface area contributed by atoms with Crippen LogP contribution in [-0.2, 0) is 0 Å². The molecule has 0 aromatic carbocycles. The molecule has 0 aromatic rings. The maximum Gasteiger partial charge on any atom is 0.0437 e. The quantitative estimate of drug-likeness (QED) is 0.389. The fourth-order valence-electron chi connectivity index (χ4n) is 0.667. The molecule has 0 rings (SSSR count). The molecule has 0 amide bonds. The molecule has 0 aromatic heterocycles. The van der Waals surface area contributed by atoms with Crippen molar-refractivity contribution in [3.63, 3.8) is 0 Å². The molecule has 58 valence electrons. The maximum atomic E-state index is 2.28. The Morgan fingerprint density at radius 2 is 1.00 bits per heavy atom. The van der Waals surface area contributed by atoms with Crippen LogP contribution in [0, 0.1) is 0 Å². The van der Waals surface area contributed by atoms with Crippen molar-refractivity contribution >= 4 is 9.52 Å². The van der Waals surface area contributed by atoms with Crippen molar-refractivity contribution in [3.8, 4) is 0 Å². The lowest BCUT2D eigenvalue weighted by Gasteiger charge is -2.03. The third kappa shape index (κ3) is 17.7. The highest BCUT2D eigenvalue weighted by molar-refractivity contribution is 6.38. The van der Waals surface area contributed by atoms with Crippen molar-refractivity contribution in [3.05, 3.63) is 0 Å². The summed E-state index contributed by atoms with van der Waals surface area (Å²) < 4.78 is 0. The summed E-state index contributed by atoms with van der Waals surface area (Å²) in [5.41, 5.74) is 1.81. The Morgan fingerprint density at radius 1 is 0.778 bits per heavy atom. The van der Waals surface area contributed by atoms with E-state index < -0.39 is 0 Å². The van der Waals surface area contributed by atoms with Gasteiger partial charge in [-0.05, 0) is 0 Å². The highest BCUT2D eigenvalue weighted by Crippen LogP contribution is 2.07. The topological polar surface area (TPSA) is 0 Å². The summed E-state index contributed by atoms with van der Waals surface area (Å²) >= 11 is 0.